The molecule has 0 fully saturated rings. The summed E-state index contributed by atoms with van der Waals surface area (Å²) in [6.07, 6.45) is 2.35. The molecule has 21 heavy (non-hydrogen) atoms. The molecule has 0 aliphatic heterocycles. The van der Waals surface area contributed by atoms with Gasteiger partial charge in [-0.3, -0.25) is 0 Å². The van der Waals surface area contributed by atoms with Gasteiger partial charge < -0.3 is 4.90 Å². The van der Waals surface area contributed by atoms with Gasteiger partial charge in [0, 0.05) is 19.8 Å². The summed E-state index contributed by atoms with van der Waals surface area (Å²) in [6.45, 7) is 4.60. The van der Waals surface area contributed by atoms with Crippen LogP contribution < -0.4 is 4.90 Å². The minimum atomic E-state index is 0.591. The van der Waals surface area contributed by atoms with Crippen molar-refractivity contribution in [2.24, 2.45) is 0 Å². The monoisotopic (exact) mass is 281 g/mol. The molecule has 112 valence electrons. The van der Waals surface area contributed by atoms with E-state index in [0.29, 0.717) is 11.8 Å². The molecule has 0 N–H and O–H groups in total. The predicted octanol–water partition coefficient (Wildman–Crippen LogP) is 5.44. The van der Waals surface area contributed by atoms with Gasteiger partial charge in [-0.05, 0) is 47.9 Å². The molecule has 0 heterocycles. The molecule has 1 nitrogen and oxygen atoms in total. The van der Waals surface area contributed by atoms with Gasteiger partial charge >= 0.3 is 0 Å². The highest BCUT2D eigenvalue weighted by Crippen LogP contribution is 2.38. The van der Waals surface area contributed by atoms with E-state index >= 15 is 0 Å². The van der Waals surface area contributed by atoms with Gasteiger partial charge in [0.05, 0.1) is 0 Å². The van der Waals surface area contributed by atoms with Gasteiger partial charge in [0.1, 0.15) is 0 Å². The first-order valence-corrected chi connectivity index (χ1v) is 7.99. The van der Waals surface area contributed by atoms with Crippen molar-refractivity contribution in [1.29, 1.82) is 0 Å². The molecule has 1 heteroatoms. The largest absolute Gasteiger partial charge is 0.378 e. The molecule has 0 unspecified atom stereocenters. The van der Waals surface area contributed by atoms with Crippen molar-refractivity contribution in [2.75, 3.05) is 19.0 Å². The number of anilines is 1. The van der Waals surface area contributed by atoms with Crippen LogP contribution in [0.15, 0.2) is 54.6 Å². The Morgan fingerprint density at radius 1 is 0.714 bits per heavy atom. The lowest BCUT2D eigenvalue weighted by Crippen LogP contribution is -2.11. The fraction of sp³-hybridized carbons (Fsp3) is 0.400. The van der Waals surface area contributed by atoms with Crippen LogP contribution >= 0.6 is 0 Å². The van der Waals surface area contributed by atoms with Crippen molar-refractivity contribution < 1.29 is 0 Å². The second-order valence-electron chi connectivity index (χ2n) is 5.93. The summed E-state index contributed by atoms with van der Waals surface area (Å²) in [4.78, 5) is 2.15. The standard InChI is InChI=1S/C20H27N/c1-5-19(16-10-8-7-9-11-16)20(6-2)17-12-14-18(15-13-17)21(3)4/h7-15,19-20H,5-6H2,1-4H3/t19-,20+/m1/s1. The summed E-state index contributed by atoms with van der Waals surface area (Å²) in [5, 5.41) is 0. The molecule has 2 rings (SSSR count). The van der Waals surface area contributed by atoms with E-state index in [1.165, 1.54) is 29.7 Å². The van der Waals surface area contributed by atoms with Crippen LogP contribution in [0.2, 0.25) is 0 Å². The SMILES string of the molecule is CC[C@H](c1ccccc1)[C@@H](CC)c1ccc(N(C)C)cc1. The lowest BCUT2D eigenvalue weighted by molar-refractivity contribution is 0.510. The third-order valence-electron chi connectivity index (χ3n) is 4.43. The molecular weight excluding hydrogens is 254 g/mol. The molecule has 0 saturated carbocycles. The highest BCUT2D eigenvalue weighted by molar-refractivity contribution is 5.47. The quantitative estimate of drug-likeness (QED) is 0.681. The highest BCUT2D eigenvalue weighted by atomic mass is 15.1. The molecule has 0 aromatic heterocycles. The first-order chi connectivity index (χ1) is 10.2. The molecule has 0 saturated heterocycles. The van der Waals surface area contributed by atoms with Gasteiger partial charge in [-0.25, -0.2) is 0 Å². The van der Waals surface area contributed by atoms with E-state index in [9.17, 15) is 0 Å². The normalized spacial score (nSPS) is 13.7. The van der Waals surface area contributed by atoms with Gasteiger partial charge in [0.15, 0.2) is 0 Å². The molecule has 0 spiro atoms. The van der Waals surface area contributed by atoms with Gasteiger partial charge in [-0.1, -0.05) is 56.3 Å². The Kier molecular flexibility index (Phi) is 5.44. The zero-order valence-corrected chi connectivity index (χ0v) is 13.7. The van der Waals surface area contributed by atoms with E-state index in [1.807, 2.05) is 0 Å². The molecule has 0 radical (unpaired) electrons. The molecule has 0 aliphatic rings. The molecule has 0 bridgehead atoms. The topological polar surface area (TPSA) is 3.24 Å². The second kappa shape index (κ2) is 7.31. The minimum absolute atomic E-state index is 0.591. The molecule has 2 aromatic carbocycles. The molecular formula is C20H27N. The Morgan fingerprint density at radius 2 is 1.19 bits per heavy atom. The summed E-state index contributed by atoms with van der Waals surface area (Å²) in [7, 11) is 4.18. The smallest absolute Gasteiger partial charge is 0.0361 e. The lowest BCUT2D eigenvalue weighted by Gasteiger charge is -2.27. The Morgan fingerprint density at radius 3 is 1.62 bits per heavy atom. The number of rotatable bonds is 6. The zero-order chi connectivity index (χ0) is 15.2. The van der Waals surface area contributed by atoms with Crippen LogP contribution in [0, 0.1) is 0 Å². The number of hydrogen-bond donors (Lipinski definition) is 0. The van der Waals surface area contributed by atoms with Crippen molar-refractivity contribution in [3.8, 4) is 0 Å². The van der Waals surface area contributed by atoms with Crippen LogP contribution in [0.4, 0.5) is 5.69 Å². The molecule has 2 atom stereocenters. The predicted molar refractivity (Wildman–Crippen MR) is 93.3 cm³/mol. The summed E-state index contributed by atoms with van der Waals surface area (Å²) >= 11 is 0. The Hall–Kier alpha value is -1.76. The average Bonchev–Trinajstić information content (AvgIpc) is 2.53. The summed E-state index contributed by atoms with van der Waals surface area (Å²) in [5.41, 5.74) is 4.18. The van der Waals surface area contributed by atoms with Crippen molar-refractivity contribution in [3.05, 3.63) is 65.7 Å². The number of nitrogens with zero attached hydrogens (tertiary/aromatic N) is 1. The molecule has 0 aliphatic carbocycles. The maximum atomic E-state index is 2.30. The van der Waals surface area contributed by atoms with Crippen molar-refractivity contribution in [1.82, 2.24) is 0 Å². The fourth-order valence-electron chi connectivity index (χ4n) is 3.22. The van der Waals surface area contributed by atoms with Gasteiger partial charge in [0.25, 0.3) is 0 Å². The number of benzene rings is 2. The zero-order valence-electron chi connectivity index (χ0n) is 13.7. The fourth-order valence-corrected chi connectivity index (χ4v) is 3.22. The van der Waals surface area contributed by atoms with Crippen LogP contribution in [0.5, 0.6) is 0 Å². The second-order valence-corrected chi connectivity index (χ2v) is 5.93. The van der Waals surface area contributed by atoms with E-state index in [4.69, 9.17) is 0 Å². The van der Waals surface area contributed by atoms with E-state index in [2.05, 4.69) is 87.4 Å². The van der Waals surface area contributed by atoms with Crippen molar-refractivity contribution >= 4 is 5.69 Å². The van der Waals surface area contributed by atoms with Crippen molar-refractivity contribution in [2.45, 2.75) is 38.5 Å². The van der Waals surface area contributed by atoms with E-state index in [0.717, 1.165) is 0 Å². The Bertz CT molecular complexity index is 528. The maximum absolute atomic E-state index is 2.30. The molecule has 2 aromatic rings. The average molecular weight is 281 g/mol. The molecule has 0 amide bonds. The number of hydrogen-bond acceptors (Lipinski definition) is 1. The van der Waals surface area contributed by atoms with Crippen LogP contribution in [-0.2, 0) is 0 Å². The van der Waals surface area contributed by atoms with Gasteiger partial charge in [0.2, 0.25) is 0 Å². The Balaban J connectivity index is 2.29. The van der Waals surface area contributed by atoms with Crippen LogP contribution in [-0.4, -0.2) is 14.1 Å². The highest BCUT2D eigenvalue weighted by Gasteiger charge is 2.21. The lowest BCUT2D eigenvalue weighted by atomic mass is 9.78. The van der Waals surface area contributed by atoms with Crippen LogP contribution in [0.3, 0.4) is 0 Å². The van der Waals surface area contributed by atoms with E-state index in [1.54, 1.807) is 0 Å². The maximum Gasteiger partial charge on any atom is 0.0361 e. The first-order valence-electron chi connectivity index (χ1n) is 7.99. The van der Waals surface area contributed by atoms with E-state index < -0.39 is 0 Å². The third kappa shape index (κ3) is 3.66. The van der Waals surface area contributed by atoms with Crippen LogP contribution in [0.25, 0.3) is 0 Å². The summed E-state index contributed by atoms with van der Waals surface area (Å²) in [5.74, 6) is 1.19. The van der Waals surface area contributed by atoms with Gasteiger partial charge in [-0.15, -0.1) is 0 Å². The first kappa shape index (κ1) is 15.6. The third-order valence-corrected chi connectivity index (χ3v) is 4.43. The minimum Gasteiger partial charge on any atom is -0.378 e. The summed E-state index contributed by atoms with van der Waals surface area (Å²) < 4.78 is 0. The Labute approximate surface area is 129 Å². The van der Waals surface area contributed by atoms with Crippen molar-refractivity contribution in [3.63, 3.8) is 0 Å². The van der Waals surface area contributed by atoms with E-state index in [-0.39, 0.29) is 0 Å². The van der Waals surface area contributed by atoms with Gasteiger partial charge in [-0.2, -0.15) is 0 Å². The summed E-state index contributed by atoms with van der Waals surface area (Å²) in [6, 6.07) is 20.0. The van der Waals surface area contributed by atoms with Crippen LogP contribution in [0.1, 0.15) is 49.7 Å².